The molecule has 0 radical (unpaired) electrons. The topological polar surface area (TPSA) is 122 Å². The van der Waals surface area contributed by atoms with Crippen LogP contribution in [0, 0.1) is 12.7 Å². The van der Waals surface area contributed by atoms with Gasteiger partial charge in [0.2, 0.25) is 0 Å². The van der Waals surface area contributed by atoms with Crippen LogP contribution in [0.1, 0.15) is 18.2 Å². The molecule has 9 nitrogen and oxygen atoms in total. The zero-order chi connectivity index (χ0) is 25.2. The molecule has 1 amide bonds. The van der Waals surface area contributed by atoms with Gasteiger partial charge in [-0.15, -0.1) is 0 Å². The normalized spacial score (nSPS) is 16.2. The summed E-state index contributed by atoms with van der Waals surface area (Å²) < 4.78 is 45.4. The maximum Gasteiger partial charge on any atom is 0.409 e. The highest BCUT2D eigenvalue weighted by Crippen LogP contribution is 2.27. The van der Waals surface area contributed by atoms with Gasteiger partial charge in [-0.3, -0.25) is 5.32 Å². The summed E-state index contributed by atoms with van der Waals surface area (Å²) in [7, 11) is -3.82. The largest absolute Gasteiger partial charge is 0.465 e. The molecule has 0 saturated carbocycles. The fourth-order valence-corrected chi connectivity index (χ4v) is 5.48. The van der Waals surface area contributed by atoms with Crippen molar-refractivity contribution in [3.8, 4) is 11.4 Å². The van der Waals surface area contributed by atoms with Crippen molar-refractivity contribution in [1.82, 2.24) is 9.97 Å². The SMILES string of the molecule is Cc1cc(F)ccc1S(=O)(=O)Cc1cc(N2CCOC[C@@H]2C)nc(-c2ccc(NC(=O)O)cc2)n1. The van der Waals surface area contributed by atoms with Crippen molar-refractivity contribution in [2.24, 2.45) is 0 Å². The third-order valence-corrected chi connectivity index (χ3v) is 7.44. The number of ether oxygens (including phenoxy) is 1. The molecule has 0 unspecified atom stereocenters. The van der Waals surface area contributed by atoms with Crippen molar-refractivity contribution < 1.29 is 27.4 Å². The molecule has 2 aromatic carbocycles. The Morgan fingerprint density at radius 1 is 1.20 bits per heavy atom. The predicted octanol–water partition coefficient (Wildman–Crippen LogP) is 3.88. The van der Waals surface area contributed by atoms with E-state index < -0.39 is 21.7 Å². The summed E-state index contributed by atoms with van der Waals surface area (Å²) >= 11 is 0. The minimum absolute atomic E-state index is 0.0254. The number of halogens is 1. The molecule has 1 aromatic heterocycles. The van der Waals surface area contributed by atoms with Gasteiger partial charge in [0, 0.05) is 23.9 Å². The number of hydrogen-bond acceptors (Lipinski definition) is 7. The van der Waals surface area contributed by atoms with E-state index in [1.54, 1.807) is 37.3 Å². The first-order valence-electron chi connectivity index (χ1n) is 10.9. The highest BCUT2D eigenvalue weighted by molar-refractivity contribution is 7.90. The Balaban J connectivity index is 1.74. The van der Waals surface area contributed by atoms with Gasteiger partial charge in [0.1, 0.15) is 11.6 Å². The van der Waals surface area contributed by atoms with E-state index in [4.69, 9.17) is 9.84 Å². The lowest BCUT2D eigenvalue weighted by atomic mass is 10.2. The number of nitrogens with zero attached hydrogens (tertiary/aromatic N) is 3. The second kappa shape index (κ2) is 9.96. The summed E-state index contributed by atoms with van der Waals surface area (Å²) in [6, 6.07) is 11.7. The zero-order valence-corrected chi connectivity index (χ0v) is 20.0. The van der Waals surface area contributed by atoms with Crippen LogP contribution in [0.3, 0.4) is 0 Å². The molecule has 0 spiro atoms. The third kappa shape index (κ3) is 5.75. The molecule has 1 fully saturated rings. The summed E-state index contributed by atoms with van der Waals surface area (Å²) in [5.41, 5.74) is 1.59. The Kier molecular flexibility index (Phi) is 6.99. The van der Waals surface area contributed by atoms with Crippen molar-refractivity contribution >= 4 is 27.4 Å². The maximum atomic E-state index is 13.5. The van der Waals surface area contributed by atoms with E-state index in [2.05, 4.69) is 15.3 Å². The Hall–Kier alpha value is -3.57. The molecule has 11 heteroatoms. The number of aromatic nitrogens is 2. The summed E-state index contributed by atoms with van der Waals surface area (Å²) in [6.07, 6.45) is -1.18. The molecule has 1 aliphatic heterocycles. The number of anilines is 2. The smallest absolute Gasteiger partial charge is 0.409 e. The molecule has 1 aliphatic rings. The average Bonchev–Trinajstić information content (AvgIpc) is 2.78. The van der Waals surface area contributed by atoms with Crippen LogP contribution in [0.15, 0.2) is 53.4 Å². The number of aryl methyl sites for hydroxylation is 1. The zero-order valence-electron chi connectivity index (χ0n) is 19.2. The van der Waals surface area contributed by atoms with Crippen molar-refractivity contribution in [3.63, 3.8) is 0 Å². The number of nitrogens with one attached hydrogen (secondary N) is 1. The predicted molar refractivity (Wildman–Crippen MR) is 129 cm³/mol. The Morgan fingerprint density at radius 2 is 1.94 bits per heavy atom. The van der Waals surface area contributed by atoms with Crippen LogP contribution >= 0.6 is 0 Å². The Bertz CT molecular complexity index is 1350. The second-order valence-corrected chi connectivity index (χ2v) is 10.3. The molecular formula is C24H25FN4O5S. The second-order valence-electron chi connectivity index (χ2n) is 8.33. The maximum absolute atomic E-state index is 13.5. The summed E-state index contributed by atoms with van der Waals surface area (Å²) in [5.74, 6) is -0.0156. The lowest BCUT2D eigenvalue weighted by Gasteiger charge is -2.34. The van der Waals surface area contributed by atoms with Crippen LogP contribution in [0.4, 0.5) is 20.7 Å². The number of rotatable bonds is 6. The third-order valence-electron chi connectivity index (χ3n) is 5.63. The van der Waals surface area contributed by atoms with E-state index in [1.165, 1.54) is 12.1 Å². The average molecular weight is 501 g/mol. The fraction of sp³-hybridized carbons (Fsp3) is 0.292. The first kappa shape index (κ1) is 24.6. The first-order valence-corrected chi connectivity index (χ1v) is 12.6. The van der Waals surface area contributed by atoms with Gasteiger partial charge in [0.25, 0.3) is 0 Å². The van der Waals surface area contributed by atoms with Gasteiger partial charge in [-0.25, -0.2) is 27.6 Å². The summed E-state index contributed by atoms with van der Waals surface area (Å²) in [5, 5.41) is 11.2. The van der Waals surface area contributed by atoms with Crippen molar-refractivity contribution in [2.45, 2.75) is 30.5 Å². The van der Waals surface area contributed by atoms with Gasteiger partial charge >= 0.3 is 6.09 Å². The molecule has 0 bridgehead atoms. The molecular weight excluding hydrogens is 475 g/mol. The van der Waals surface area contributed by atoms with Crippen LogP contribution in [0.25, 0.3) is 11.4 Å². The number of sulfone groups is 1. The minimum atomic E-state index is -3.82. The Labute approximate surface area is 202 Å². The van der Waals surface area contributed by atoms with E-state index >= 15 is 0 Å². The lowest BCUT2D eigenvalue weighted by molar-refractivity contribution is 0.0985. The molecule has 184 valence electrons. The van der Waals surface area contributed by atoms with Crippen LogP contribution < -0.4 is 10.2 Å². The molecule has 2 heterocycles. The number of amides is 1. The van der Waals surface area contributed by atoms with E-state index in [-0.39, 0.29) is 16.7 Å². The van der Waals surface area contributed by atoms with Crippen molar-refractivity contribution in [3.05, 3.63) is 65.6 Å². The number of carboxylic acid groups (broad SMARTS) is 1. The molecule has 1 atom stereocenters. The molecule has 2 N–H and O–H groups in total. The summed E-state index contributed by atoms with van der Waals surface area (Å²) in [6.45, 7) is 5.15. The van der Waals surface area contributed by atoms with Gasteiger partial charge in [0.15, 0.2) is 15.7 Å². The van der Waals surface area contributed by atoms with Gasteiger partial charge in [-0.05, 0) is 61.9 Å². The highest BCUT2D eigenvalue weighted by Gasteiger charge is 2.24. The van der Waals surface area contributed by atoms with Gasteiger partial charge in [-0.1, -0.05) is 0 Å². The highest BCUT2D eigenvalue weighted by atomic mass is 32.2. The van der Waals surface area contributed by atoms with Crippen LogP contribution in [0.5, 0.6) is 0 Å². The summed E-state index contributed by atoms with van der Waals surface area (Å²) in [4.78, 5) is 22.2. The quantitative estimate of drug-likeness (QED) is 0.489. The van der Waals surface area contributed by atoms with E-state index in [1.807, 2.05) is 11.8 Å². The van der Waals surface area contributed by atoms with Crippen molar-refractivity contribution in [2.75, 3.05) is 30.0 Å². The fourth-order valence-electron chi connectivity index (χ4n) is 3.96. The van der Waals surface area contributed by atoms with Gasteiger partial charge in [0.05, 0.1) is 35.6 Å². The molecule has 3 aromatic rings. The molecule has 1 saturated heterocycles. The van der Waals surface area contributed by atoms with Crippen molar-refractivity contribution in [1.29, 1.82) is 0 Å². The minimum Gasteiger partial charge on any atom is -0.465 e. The lowest BCUT2D eigenvalue weighted by Crippen LogP contribution is -2.44. The first-order chi connectivity index (χ1) is 16.6. The molecule has 35 heavy (non-hydrogen) atoms. The number of carbonyl (C=O) groups is 1. The number of benzene rings is 2. The van der Waals surface area contributed by atoms with E-state index in [0.717, 1.165) is 6.07 Å². The van der Waals surface area contributed by atoms with Crippen LogP contribution in [-0.4, -0.2) is 55.4 Å². The Morgan fingerprint density at radius 3 is 2.60 bits per heavy atom. The van der Waals surface area contributed by atoms with Gasteiger partial charge < -0.3 is 14.7 Å². The monoisotopic (exact) mass is 500 g/mol. The van der Waals surface area contributed by atoms with Crippen LogP contribution in [0.2, 0.25) is 0 Å². The van der Waals surface area contributed by atoms with E-state index in [9.17, 15) is 17.6 Å². The van der Waals surface area contributed by atoms with E-state index in [0.29, 0.717) is 53.9 Å². The molecule has 4 rings (SSSR count). The van der Waals surface area contributed by atoms with Crippen LogP contribution in [-0.2, 0) is 20.3 Å². The number of hydrogen-bond donors (Lipinski definition) is 2. The standard InChI is InChI=1S/C24H25FN4O5S/c1-15-11-18(25)5-8-21(15)35(32,33)14-20-12-22(29-9-10-34-13-16(29)2)28-23(26-20)17-3-6-19(7-4-17)27-24(30)31/h3-8,11-12,16,27H,9-10,13-14H2,1-2H3,(H,30,31)/t16-/m0/s1. The molecule has 0 aliphatic carbocycles. The van der Waals surface area contributed by atoms with Gasteiger partial charge in [-0.2, -0.15) is 0 Å². The number of morpholine rings is 1.